The highest BCUT2D eigenvalue weighted by atomic mass is 35.5. The van der Waals surface area contributed by atoms with Crippen LogP contribution in [0.1, 0.15) is 51.6 Å². The number of halogens is 1. The third-order valence-corrected chi connectivity index (χ3v) is 7.97. The fourth-order valence-corrected chi connectivity index (χ4v) is 6.65. The lowest BCUT2D eigenvalue weighted by atomic mass is 9.64. The average Bonchev–Trinajstić information content (AvgIpc) is 3.31. The van der Waals surface area contributed by atoms with Gasteiger partial charge in [0.05, 0.1) is 18.7 Å². The molecule has 0 unspecified atom stereocenters. The van der Waals surface area contributed by atoms with Crippen molar-refractivity contribution in [3.8, 4) is 5.75 Å². The van der Waals surface area contributed by atoms with E-state index in [1.807, 2.05) is 60.4 Å². The Morgan fingerprint density at radius 3 is 2.33 bits per heavy atom. The molecule has 0 N–H and O–H groups in total. The number of hydrogen-bond acceptors (Lipinski definition) is 5. The molecule has 0 aromatic heterocycles. The number of ether oxygens (including phenoxy) is 1. The van der Waals surface area contributed by atoms with E-state index in [4.69, 9.17) is 16.3 Å². The SMILES string of the molecule is CCOc1ccccc1[C@@H]1[C@H](C(C)=O)N2c3ccc(Cl)cc3C=C[C@H]2C12C(=O)c1ccccc1C2=O. The molecule has 3 aliphatic rings. The number of nitrogens with zero attached hydrogens (tertiary/aromatic N) is 1. The van der Waals surface area contributed by atoms with Crippen LogP contribution in [0.25, 0.3) is 6.08 Å². The minimum Gasteiger partial charge on any atom is -0.494 e. The van der Waals surface area contributed by atoms with Gasteiger partial charge in [-0.2, -0.15) is 0 Å². The third kappa shape index (κ3) is 2.86. The Hall–Kier alpha value is -3.70. The molecule has 2 heterocycles. The molecule has 3 aromatic carbocycles. The van der Waals surface area contributed by atoms with E-state index in [1.165, 1.54) is 6.92 Å². The number of ketones is 3. The number of anilines is 1. The van der Waals surface area contributed by atoms with Crippen LogP contribution in [-0.2, 0) is 4.79 Å². The standard InChI is InChI=1S/C30H24ClNO4/c1-3-36-24-11-7-6-10-22(24)26-27(17(2)33)32-23-14-13-19(31)16-18(23)12-15-25(32)30(26)28(34)20-8-4-5-9-21(20)29(30)35/h4-16,25-27H,3H2,1-2H3/t25-,26+,27-/m0/s1. The van der Waals surface area contributed by atoms with E-state index in [9.17, 15) is 14.4 Å². The predicted octanol–water partition coefficient (Wildman–Crippen LogP) is 5.76. The van der Waals surface area contributed by atoms with Crippen molar-refractivity contribution in [2.24, 2.45) is 5.41 Å². The number of para-hydroxylation sites is 1. The zero-order chi connectivity index (χ0) is 25.2. The summed E-state index contributed by atoms with van der Waals surface area (Å²) >= 11 is 6.28. The normalized spacial score (nSPS) is 23.0. The van der Waals surface area contributed by atoms with Crippen LogP contribution in [0.4, 0.5) is 5.69 Å². The first kappa shape index (κ1) is 22.7. The number of hydrogen-bond donors (Lipinski definition) is 0. The van der Waals surface area contributed by atoms with Crippen molar-refractivity contribution in [1.29, 1.82) is 0 Å². The zero-order valence-electron chi connectivity index (χ0n) is 19.9. The van der Waals surface area contributed by atoms with Gasteiger partial charge in [0.25, 0.3) is 0 Å². The zero-order valence-corrected chi connectivity index (χ0v) is 20.7. The van der Waals surface area contributed by atoms with Crippen LogP contribution >= 0.6 is 11.6 Å². The molecule has 0 saturated carbocycles. The molecule has 2 aliphatic heterocycles. The van der Waals surface area contributed by atoms with Crippen LogP contribution in [0.5, 0.6) is 5.75 Å². The average molecular weight is 498 g/mol. The molecular weight excluding hydrogens is 474 g/mol. The summed E-state index contributed by atoms with van der Waals surface area (Å²) < 4.78 is 5.98. The molecule has 1 saturated heterocycles. The fourth-order valence-electron chi connectivity index (χ4n) is 6.47. The van der Waals surface area contributed by atoms with E-state index in [2.05, 4.69) is 0 Å². The summed E-state index contributed by atoms with van der Waals surface area (Å²) in [6, 6.07) is 18.5. The van der Waals surface area contributed by atoms with Gasteiger partial charge in [-0.3, -0.25) is 14.4 Å². The van der Waals surface area contributed by atoms with Gasteiger partial charge >= 0.3 is 0 Å². The lowest BCUT2D eigenvalue weighted by molar-refractivity contribution is -0.118. The Morgan fingerprint density at radius 1 is 1.00 bits per heavy atom. The second-order valence-electron chi connectivity index (χ2n) is 9.49. The molecular formula is C30H24ClNO4. The quantitative estimate of drug-likeness (QED) is 0.429. The Bertz CT molecular complexity index is 1440. The van der Waals surface area contributed by atoms with E-state index >= 15 is 0 Å². The Kier molecular flexibility index (Phi) is 5.16. The van der Waals surface area contributed by atoms with Crippen LogP contribution < -0.4 is 9.64 Å². The van der Waals surface area contributed by atoms with Crippen molar-refractivity contribution in [3.63, 3.8) is 0 Å². The molecule has 36 heavy (non-hydrogen) atoms. The van der Waals surface area contributed by atoms with E-state index in [-0.39, 0.29) is 17.3 Å². The van der Waals surface area contributed by atoms with Crippen LogP contribution in [-0.4, -0.2) is 36.0 Å². The molecule has 6 heteroatoms. The number of rotatable bonds is 4. The first-order chi connectivity index (χ1) is 17.4. The largest absolute Gasteiger partial charge is 0.494 e. The van der Waals surface area contributed by atoms with Crippen LogP contribution in [0, 0.1) is 5.41 Å². The van der Waals surface area contributed by atoms with Crippen molar-refractivity contribution < 1.29 is 19.1 Å². The van der Waals surface area contributed by atoms with Gasteiger partial charge in [-0.05, 0) is 43.7 Å². The number of fused-ring (bicyclic) bond motifs is 5. The van der Waals surface area contributed by atoms with Crippen LogP contribution in [0.2, 0.25) is 5.02 Å². The predicted molar refractivity (Wildman–Crippen MR) is 139 cm³/mol. The van der Waals surface area contributed by atoms with E-state index in [0.717, 1.165) is 11.3 Å². The number of Topliss-reactive ketones (excluding diaryl/α,β-unsaturated/α-hetero) is 3. The van der Waals surface area contributed by atoms with Crippen molar-refractivity contribution in [2.45, 2.75) is 31.8 Å². The topological polar surface area (TPSA) is 63.7 Å². The molecule has 180 valence electrons. The van der Waals surface area contributed by atoms with Gasteiger partial charge < -0.3 is 9.64 Å². The second kappa shape index (κ2) is 8.17. The summed E-state index contributed by atoms with van der Waals surface area (Å²) in [6.07, 6.45) is 3.79. The van der Waals surface area contributed by atoms with E-state index in [0.29, 0.717) is 34.1 Å². The Balaban J connectivity index is 1.69. The van der Waals surface area contributed by atoms with Gasteiger partial charge in [0.1, 0.15) is 11.2 Å². The maximum absolute atomic E-state index is 14.4. The monoisotopic (exact) mass is 497 g/mol. The van der Waals surface area contributed by atoms with Gasteiger partial charge in [-0.25, -0.2) is 0 Å². The summed E-state index contributed by atoms with van der Waals surface area (Å²) in [5, 5.41) is 0.573. The van der Waals surface area contributed by atoms with Gasteiger partial charge in [-0.15, -0.1) is 0 Å². The minimum atomic E-state index is -1.51. The lowest BCUT2D eigenvalue weighted by Gasteiger charge is -2.37. The Morgan fingerprint density at radius 2 is 1.67 bits per heavy atom. The molecule has 0 radical (unpaired) electrons. The molecule has 0 amide bonds. The van der Waals surface area contributed by atoms with Crippen molar-refractivity contribution in [2.75, 3.05) is 11.5 Å². The number of benzene rings is 3. The van der Waals surface area contributed by atoms with Crippen LogP contribution in [0.15, 0.2) is 72.8 Å². The minimum absolute atomic E-state index is 0.124. The summed E-state index contributed by atoms with van der Waals surface area (Å²) in [7, 11) is 0. The molecule has 3 atom stereocenters. The van der Waals surface area contributed by atoms with E-state index in [1.54, 1.807) is 30.3 Å². The van der Waals surface area contributed by atoms with Crippen LogP contribution in [0.3, 0.4) is 0 Å². The van der Waals surface area contributed by atoms with Crippen molar-refractivity contribution >= 4 is 40.7 Å². The molecule has 1 aliphatic carbocycles. The molecule has 5 nitrogen and oxygen atoms in total. The summed E-state index contributed by atoms with van der Waals surface area (Å²) in [5.41, 5.74) is 1.60. The summed E-state index contributed by atoms with van der Waals surface area (Å²) in [6.45, 7) is 3.83. The molecule has 6 rings (SSSR count). The van der Waals surface area contributed by atoms with Gasteiger partial charge in [0, 0.05) is 33.3 Å². The summed E-state index contributed by atoms with van der Waals surface area (Å²) in [4.78, 5) is 44.3. The first-order valence-electron chi connectivity index (χ1n) is 12.1. The molecule has 1 fully saturated rings. The second-order valence-corrected chi connectivity index (χ2v) is 9.93. The summed E-state index contributed by atoms with van der Waals surface area (Å²) in [5.74, 6) is -0.796. The fraction of sp³-hybridized carbons (Fsp3) is 0.233. The van der Waals surface area contributed by atoms with Crippen molar-refractivity contribution in [3.05, 3.63) is 100 Å². The first-order valence-corrected chi connectivity index (χ1v) is 12.5. The smallest absolute Gasteiger partial charge is 0.180 e. The third-order valence-electron chi connectivity index (χ3n) is 7.74. The van der Waals surface area contributed by atoms with Gasteiger partial charge in [-0.1, -0.05) is 66.2 Å². The molecule has 0 bridgehead atoms. The highest BCUT2D eigenvalue weighted by Gasteiger charge is 2.71. The highest BCUT2D eigenvalue weighted by molar-refractivity contribution is 6.32. The maximum atomic E-state index is 14.4. The lowest BCUT2D eigenvalue weighted by Crippen LogP contribution is -2.48. The number of carbonyl (C=O) groups is 3. The van der Waals surface area contributed by atoms with Crippen molar-refractivity contribution in [1.82, 2.24) is 0 Å². The van der Waals surface area contributed by atoms with Gasteiger partial charge in [0.2, 0.25) is 0 Å². The van der Waals surface area contributed by atoms with E-state index < -0.39 is 23.4 Å². The Labute approximate surface area is 214 Å². The maximum Gasteiger partial charge on any atom is 0.180 e. The molecule has 3 aromatic rings. The highest BCUT2D eigenvalue weighted by Crippen LogP contribution is 2.61. The van der Waals surface area contributed by atoms with Gasteiger partial charge in [0.15, 0.2) is 17.3 Å². The molecule has 1 spiro atoms. The number of carbonyl (C=O) groups excluding carboxylic acids is 3.